The minimum Gasteiger partial charge on any atom is -0.384 e. The number of hydrogen-bond acceptors (Lipinski definition) is 2. The molecule has 2 fully saturated rings. The number of nitrogens with zero attached hydrogens (tertiary/aromatic N) is 1. The molecule has 19 heavy (non-hydrogen) atoms. The molecule has 0 amide bonds. The highest BCUT2D eigenvalue weighted by Gasteiger charge is 2.33. The first-order valence-electron chi connectivity index (χ1n) is 7.79. The summed E-state index contributed by atoms with van der Waals surface area (Å²) in [5, 5.41) is 3.39. The van der Waals surface area contributed by atoms with Gasteiger partial charge in [0.1, 0.15) is 0 Å². The van der Waals surface area contributed by atoms with Crippen molar-refractivity contribution in [3.05, 3.63) is 0 Å². The molecule has 2 aliphatic rings. The van der Waals surface area contributed by atoms with Gasteiger partial charge in [-0.1, -0.05) is 32.1 Å². The molecule has 4 nitrogen and oxygen atoms in total. The van der Waals surface area contributed by atoms with Gasteiger partial charge in [0.25, 0.3) is 0 Å². The average molecular weight is 267 g/mol. The molecule has 4 heteroatoms. The maximum Gasteiger partial charge on any atom is 0.188 e. The van der Waals surface area contributed by atoms with Crippen molar-refractivity contribution in [2.45, 2.75) is 63.8 Å². The fourth-order valence-electron chi connectivity index (χ4n) is 3.53. The first-order chi connectivity index (χ1) is 9.24. The summed E-state index contributed by atoms with van der Waals surface area (Å²) in [5.74, 6) is 0.634. The van der Waals surface area contributed by atoms with E-state index in [2.05, 4.69) is 10.3 Å². The van der Waals surface area contributed by atoms with Crippen LogP contribution in [0.4, 0.5) is 0 Å². The van der Waals surface area contributed by atoms with Crippen molar-refractivity contribution >= 4 is 5.96 Å². The van der Waals surface area contributed by atoms with E-state index in [1.54, 1.807) is 7.11 Å². The summed E-state index contributed by atoms with van der Waals surface area (Å²) in [6.07, 6.45) is 11.5. The van der Waals surface area contributed by atoms with Gasteiger partial charge in [-0.2, -0.15) is 0 Å². The lowest BCUT2D eigenvalue weighted by Gasteiger charge is -2.27. The molecule has 0 radical (unpaired) electrons. The highest BCUT2D eigenvalue weighted by atomic mass is 16.5. The number of nitrogens with two attached hydrogens (primary N) is 1. The zero-order valence-electron chi connectivity index (χ0n) is 12.3. The second-order valence-corrected chi connectivity index (χ2v) is 6.32. The lowest BCUT2D eigenvalue weighted by molar-refractivity contribution is 0.0896. The fraction of sp³-hybridized carbons (Fsp3) is 0.933. The summed E-state index contributed by atoms with van der Waals surface area (Å²) in [4.78, 5) is 4.59. The van der Waals surface area contributed by atoms with Crippen molar-refractivity contribution in [2.24, 2.45) is 16.1 Å². The van der Waals surface area contributed by atoms with Gasteiger partial charge >= 0.3 is 0 Å². The Morgan fingerprint density at radius 2 is 1.89 bits per heavy atom. The van der Waals surface area contributed by atoms with Gasteiger partial charge in [0.05, 0.1) is 13.2 Å². The third kappa shape index (κ3) is 4.37. The largest absolute Gasteiger partial charge is 0.384 e. The van der Waals surface area contributed by atoms with Crippen LogP contribution in [-0.2, 0) is 4.74 Å². The van der Waals surface area contributed by atoms with Gasteiger partial charge < -0.3 is 15.8 Å². The molecule has 0 aliphatic heterocycles. The second-order valence-electron chi connectivity index (χ2n) is 6.32. The van der Waals surface area contributed by atoms with Gasteiger partial charge in [0.2, 0.25) is 0 Å². The molecule has 0 aromatic heterocycles. The molecule has 0 atom stereocenters. The first kappa shape index (κ1) is 14.6. The van der Waals surface area contributed by atoms with Crippen LogP contribution in [0.15, 0.2) is 4.99 Å². The highest BCUT2D eigenvalue weighted by Crippen LogP contribution is 2.38. The fourth-order valence-corrected chi connectivity index (χ4v) is 3.53. The van der Waals surface area contributed by atoms with Crippen molar-refractivity contribution in [2.75, 3.05) is 20.3 Å². The number of hydrogen-bond donors (Lipinski definition) is 2. The standard InChI is InChI=1S/C15H29N3O/c1-19-12-15(9-5-6-10-15)11-17-14(16)18-13-7-3-2-4-8-13/h13H,2-12H2,1H3,(H3,16,17,18). The number of rotatable bonds is 5. The van der Waals surface area contributed by atoms with Gasteiger partial charge in [0, 0.05) is 18.6 Å². The van der Waals surface area contributed by atoms with Gasteiger partial charge in [-0.25, -0.2) is 0 Å². The smallest absolute Gasteiger partial charge is 0.188 e. The molecule has 0 aromatic rings. The Kier molecular flexibility index (Phi) is 5.49. The zero-order valence-corrected chi connectivity index (χ0v) is 12.3. The number of methoxy groups -OCH3 is 1. The van der Waals surface area contributed by atoms with Crippen LogP contribution < -0.4 is 11.1 Å². The highest BCUT2D eigenvalue weighted by molar-refractivity contribution is 5.78. The van der Waals surface area contributed by atoms with E-state index in [4.69, 9.17) is 10.5 Å². The minimum atomic E-state index is 0.244. The normalized spacial score (nSPS) is 24.6. The van der Waals surface area contributed by atoms with E-state index < -0.39 is 0 Å². The molecule has 0 bridgehead atoms. The average Bonchev–Trinajstić information content (AvgIpc) is 2.87. The van der Waals surface area contributed by atoms with Crippen molar-refractivity contribution in [1.29, 1.82) is 0 Å². The topological polar surface area (TPSA) is 59.6 Å². The number of nitrogens with one attached hydrogen (secondary N) is 1. The first-order valence-corrected chi connectivity index (χ1v) is 7.79. The van der Waals surface area contributed by atoms with Crippen LogP contribution in [0.3, 0.4) is 0 Å². The van der Waals surface area contributed by atoms with E-state index in [0.29, 0.717) is 12.0 Å². The molecule has 3 N–H and O–H groups in total. The van der Waals surface area contributed by atoms with Crippen LogP contribution in [0.2, 0.25) is 0 Å². The number of ether oxygens (including phenoxy) is 1. The lowest BCUT2D eigenvalue weighted by atomic mass is 9.87. The number of aliphatic imine (C=N–C) groups is 1. The maximum absolute atomic E-state index is 6.04. The Labute approximate surface area is 117 Å². The Morgan fingerprint density at radius 1 is 1.21 bits per heavy atom. The molecule has 2 aliphatic carbocycles. The summed E-state index contributed by atoms with van der Waals surface area (Å²) in [6, 6.07) is 0.541. The Morgan fingerprint density at radius 3 is 2.53 bits per heavy atom. The van der Waals surface area contributed by atoms with Crippen molar-refractivity contribution in [1.82, 2.24) is 5.32 Å². The molecule has 0 heterocycles. The van der Waals surface area contributed by atoms with Crippen LogP contribution in [0, 0.1) is 5.41 Å². The summed E-state index contributed by atoms with van der Waals surface area (Å²) >= 11 is 0. The van der Waals surface area contributed by atoms with E-state index in [1.165, 1.54) is 57.8 Å². The lowest BCUT2D eigenvalue weighted by Crippen LogP contribution is -2.42. The zero-order chi connectivity index (χ0) is 13.6. The molecule has 2 saturated carbocycles. The van der Waals surface area contributed by atoms with Crippen LogP contribution in [-0.4, -0.2) is 32.3 Å². The Balaban J connectivity index is 1.81. The van der Waals surface area contributed by atoms with Crippen molar-refractivity contribution in [3.8, 4) is 0 Å². The Bertz CT molecular complexity index is 292. The SMILES string of the molecule is COCC1(CN=C(N)NC2CCCCC2)CCCC1. The van der Waals surface area contributed by atoms with Gasteiger partial charge in [-0.05, 0) is 25.7 Å². The van der Waals surface area contributed by atoms with E-state index in [9.17, 15) is 0 Å². The Hall–Kier alpha value is -0.770. The summed E-state index contributed by atoms with van der Waals surface area (Å²) in [6.45, 7) is 1.62. The minimum absolute atomic E-state index is 0.244. The predicted octanol–water partition coefficient (Wildman–Crippen LogP) is 2.43. The van der Waals surface area contributed by atoms with Crippen LogP contribution in [0.25, 0.3) is 0 Å². The van der Waals surface area contributed by atoms with E-state index >= 15 is 0 Å². The third-order valence-corrected chi connectivity index (χ3v) is 4.66. The van der Waals surface area contributed by atoms with Crippen molar-refractivity contribution in [3.63, 3.8) is 0 Å². The van der Waals surface area contributed by atoms with Crippen molar-refractivity contribution < 1.29 is 4.74 Å². The number of guanidine groups is 1. The molecule has 110 valence electrons. The summed E-state index contributed by atoms with van der Waals surface area (Å²) in [5.41, 5.74) is 6.28. The van der Waals surface area contributed by atoms with Crippen LogP contribution >= 0.6 is 0 Å². The molecule has 0 unspecified atom stereocenters. The maximum atomic E-state index is 6.04. The van der Waals surface area contributed by atoms with E-state index in [-0.39, 0.29) is 5.41 Å². The molecule has 0 spiro atoms. The molecule has 0 aromatic carbocycles. The second kappa shape index (κ2) is 7.13. The van der Waals surface area contributed by atoms with Gasteiger partial charge in [0.15, 0.2) is 5.96 Å². The quantitative estimate of drug-likeness (QED) is 0.594. The molecular formula is C15H29N3O. The molecule has 2 rings (SSSR count). The van der Waals surface area contributed by atoms with Gasteiger partial charge in [-0.3, -0.25) is 4.99 Å². The third-order valence-electron chi connectivity index (χ3n) is 4.66. The summed E-state index contributed by atoms with van der Waals surface area (Å²) < 4.78 is 5.38. The predicted molar refractivity (Wildman–Crippen MR) is 79.3 cm³/mol. The molecular weight excluding hydrogens is 238 g/mol. The van der Waals surface area contributed by atoms with Crippen LogP contribution in [0.5, 0.6) is 0 Å². The van der Waals surface area contributed by atoms with E-state index in [1.807, 2.05) is 0 Å². The summed E-state index contributed by atoms with van der Waals surface area (Å²) in [7, 11) is 1.79. The monoisotopic (exact) mass is 267 g/mol. The van der Waals surface area contributed by atoms with Gasteiger partial charge in [-0.15, -0.1) is 0 Å². The van der Waals surface area contributed by atoms with E-state index in [0.717, 1.165) is 13.2 Å². The molecule has 0 saturated heterocycles. The van der Waals surface area contributed by atoms with Crippen LogP contribution in [0.1, 0.15) is 57.8 Å².